The van der Waals surface area contributed by atoms with Gasteiger partial charge in [-0.2, -0.15) is 4.31 Å². The Bertz CT molecular complexity index is 826. The van der Waals surface area contributed by atoms with Crippen LogP contribution in [0.25, 0.3) is 0 Å². The lowest BCUT2D eigenvalue weighted by molar-refractivity contribution is 0.294. The van der Waals surface area contributed by atoms with E-state index in [1.165, 1.54) is 42.7 Å². The van der Waals surface area contributed by atoms with Gasteiger partial charge in [0.15, 0.2) is 0 Å². The molecular formula is C17H20ClN3O3S. The van der Waals surface area contributed by atoms with E-state index in [2.05, 4.69) is 9.97 Å². The number of hydrogen-bond donors (Lipinski definition) is 0. The zero-order valence-electron chi connectivity index (χ0n) is 13.9. The standard InChI is InChI=1S/C17H20ClN3O3S/c1-21(12-15-11-19-7-8-20-15)25(22,23)17-10-14(18)4-5-16(17)24-9-6-13-2-3-13/h4-5,7-8,10-11,13H,2-3,6,9,12H2,1H3. The minimum atomic E-state index is -3.77. The number of halogens is 1. The minimum Gasteiger partial charge on any atom is -0.492 e. The van der Waals surface area contributed by atoms with Crippen molar-refractivity contribution < 1.29 is 13.2 Å². The molecule has 1 heterocycles. The van der Waals surface area contributed by atoms with Gasteiger partial charge >= 0.3 is 0 Å². The first-order chi connectivity index (χ1) is 12.0. The molecule has 1 aliphatic rings. The summed E-state index contributed by atoms with van der Waals surface area (Å²) >= 11 is 6.02. The van der Waals surface area contributed by atoms with Crippen molar-refractivity contribution in [3.05, 3.63) is 47.5 Å². The number of aromatic nitrogens is 2. The number of sulfonamides is 1. The van der Waals surface area contributed by atoms with Crippen molar-refractivity contribution in [3.63, 3.8) is 0 Å². The molecule has 6 nitrogen and oxygen atoms in total. The first-order valence-electron chi connectivity index (χ1n) is 8.10. The maximum absolute atomic E-state index is 13.0. The van der Waals surface area contributed by atoms with Gasteiger partial charge in [0.25, 0.3) is 0 Å². The first kappa shape index (κ1) is 18.1. The predicted octanol–water partition coefficient (Wildman–Crippen LogP) is 3.13. The van der Waals surface area contributed by atoms with Crippen LogP contribution in [0, 0.1) is 5.92 Å². The molecule has 0 bridgehead atoms. The van der Waals surface area contributed by atoms with E-state index >= 15 is 0 Å². The van der Waals surface area contributed by atoms with E-state index in [0.717, 1.165) is 6.42 Å². The first-order valence-corrected chi connectivity index (χ1v) is 9.92. The Morgan fingerprint density at radius 2 is 2.12 bits per heavy atom. The Balaban J connectivity index is 1.80. The van der Waals surface area contributed by atoms with Crippen LogP contribution in [0.1, 0.15) is 25.0 Å². The van der Waals surface area contributed by atoms with Gasteiger partial charge in [-0.15, -0.1) is 0 Å². The number of benzene rings is 1. The molecule has 1 aliphatic carbocycles. The molecule has 0 N–H and O–H groups in total. The smallest absolute Gasteiger partial charge is 0.246 e. The fraction of sp³-hybridized carbons (Fsp3) is 0.412. The molecular weight excluding hydrogens is 362 g/mol. The van der Waals surface area contributed by atoms with Crippen LogP contribution in [0.4, 0.5) is 0 Å². The zero-order chi connectivity index (χ0) is 17.9. The van der Waals surface area contributed by atoms with Crippen LogP contribution >= 0.6 is 11.6 Å². The second kappa shape index (κ2) is 7.68. The number of hydrogen-bond acceptors (Lipinski definition) is 5. The molecule has 2 aromatic rings. The molecule has 134 valence electrons. The quantitative estimate of drug-likeness (QED) is 0.702. The normalized spacial score (nSPS) is 14.7. The summed E-state index contributed by atoms with van der Waals surface area (Å²) < 4.78 is 32.9. The van der Waals surface area contributed by atoms with Gasteiger partial charge in [-0.25, -0.2) is 8.42 Å². The van der Waals surface area contributed by atoms with Crippen LogP contribution in [0.2, 0.25) is 5.02 Å². The lowest BCUT2D eigenvalue weighted by Gasteiger charge is -2.19. The lowest BCUT2D eigenvalue weighted by Crippen LogP contribution is -2.27. The van der Waals surface area contributed by atoms with Crippen LogP contribution in [-0.4, -0.2) is 36.3 Å². The Kier molecular flexibility index (Phi) is 5.56. The number of rotatable bonds is 8. The summed E-state index contributed by atoms with van der Waals surface area (Å²) in [5, 5.41) is 0.348. The van der Waals surface area contributed by atoms with E-state index in [9.17, 15) is 8.42 Å². The van der Waals surface area contributed by atoms with Gasteiger partial charge in [-0.3, -0.25) is 9.97 Å². The fourth-order valence-electron chi connectivity index (χ4n) is 2.44. The third kappa shape index (κ3) is 4.68. The van der Waals surface area contributed by atoms with Gasteiger partial charge in [-0.1, -0.05) is 24.4 Å². The molecule has 1 saturated carbocycles. The Morgan fingerprint density at radius 3 is 2.80 bits per heavy atom. The van der Waals surface area contributed by atoms with Crippen molar-refractivity contribution in [1.29, 1.82) is 0 Å². The maximum atomic E-state index is 13.0. The van der Waals surface area contributed by atoms with Crippen molar-refractivity contribution in [2.75, 3.05) is 13.7 Å². The fourth-order valence-corrected chi connectivity index (χ4v) is 3.97. The van der Waals surface area contributed by atoms with E-state index in [1.54, 1.807) is 18.3 Å². The lowest BCUT2D eigenvalue weighted by atomic mass is 10.3. The Hall–Kier alpha value is -1.70. The summed E-state index contributed by atoms with van der Waals surface area (Å²) in [6.07, 6.45) is 8.02. The molecule has 1 fully saturated rings. The summed E-state index contributed by atoms with van der Waals surface area (Å²) in [4.78, 5) is 8.14. The largest absolute Gasteiger partial charge is 0.492 e. The Labute approximate surface area is 152 Å². The van der Waals surface area contributed by atoms with Crippen LogP contribution < -0.4 is 4.74 Å². The summed E-state index contributed by atoms with van der Waals surface area (Å²) in [5.41, 5.74) is 0.562. The molecule has 0 aliphatic heterocycles. The summed E-state index contributed by atoms with van der Waals surface area (Å²) in [6, 6.07) is 4.67. The average Bonchev–Trinajstić information content (AvgIpc) is 3.41. The molecule has 0 atom stereocenters. The maximum Gasteiger partial charge on any atom is 0.246 e. The third-order valence-corrected chi connectivity index (χ3v) is 6.14. The summed E-state index contributed by atoms with van der Waals surface area (Å²) in [6.45, 7) is 0.618. The molecule has 25 heavy (non-hydrogen) atoms. The van der Waals surface area contributed by atoms with Gasteiger partial charge in [0, 0.05) is 30.7 Å². The van der Waals surface area contributed by atoms with E-state index < -0.39 is 10.0 Å². The van der Waals surface area contributed by atoms with E-state index in [-0.39, 0.29) is 11.4 Å². The van der Waals surface area contributed by atoms with Crippen molar-refractivity contribution in [3.8, 4) is 5.75 Å². The number of ether oxygens (including phenoxy) is 1. The molecule has 1 aromatic heterocycles. The van der Waals surface area contributed by atoms with Crippen LogP contribution in [0.3, 0.4) is 0 Å². The van der Waals surface area contributed by atoms with Gasteiger partial charge < -0.3 is 4.74 Å². The van der Waals surface area contributed by atoms with Crippen LogP contribution in [0.15, 0.2) is 41.7 Å². The van der Waals surface area contributed by atoms with Crippen molar-refractivity contribution >= 4 is 21.6 Å². The molecule has 3 rings (SSSR count). The highest BCUT2D eigenvalue weighted by Crippen LogP contribution is 2.34. The SMILES string of the molecule is CN(Cc1cnccn1)S(=O)(=O)c1cc(Cl)ccc1OCCC1CC1. The highest BCUT2D eigenvalue weighted by Gasteiger charge is 2.27. The molecule has 0 saturated heterocycles. The minimum absolute atomic E-state index is 0.0715. The second-order valence-electron chi connectivity index (χ2n) is 6.13. The zero-order valence-corrected chi connectivity index (χ0v) is 15.5. The highest BCUT2D eigenvalue weighted by atomic mass is 35.5. The molecule has 0 unspecified atom stereocenters. The van der Waals surface area contributed by atoms with E-state index in [0.29, 0.717) is 29.0 Å². The molecule has 0 amide bonds. The molecule has 0 radical (unpaired) electrons. The van der Waals surface area contributed by atoms with Gasteiger partial charge in [-0.05, 0) is 30.5 Å². The monoisotopic (exact) mass is 381 g/mol. The Morgan fingerprint density at radius 1 is 1.32 bits per heavy atom. The van der Waals surface area contributed by atoms with Crippen molar-refractivity contribution in [1.82, 2.24) is 14.3 Å². The van der Waals surface area contributed by atoms with Crippen molar-refractivity contribution in [2.24, 2.45) is 5.92 Å². The molecule has 1 aromatic carbocycles. The molecule has 0 spiro atoms. The van der Waals surface area contributed by atoms with Gasteiger partial charge in [0.1, 0.15) is 10.6 Å². The van der Waals surface area contributed by atoms with Crippen molar-refractivity contribution in [2.45, 2.75) is 30.7 Å². The van der Waals surface area contributed by atoms with Crippen LogP contribution in [0.5, 0.6) is 5.75 Å². The third-order valence-electron chi connectivity index (χ3n) is 4.08. The summed E-state index contributed by atoms with van der Waals surface area (Å²) in [7, 11) is -2.27. The highest BCUT2D eigenvalue weighted by molar-refractivity contribution is 7.89. The second-order valence-corrected chi connectivity index (χ2v) is 8.58. The van der Waals surface area contributed by atoms with Gasteiger partial charge in [0.05, 0.1) is 18.8 Å². The van der Waals surface area contributed by atoms with E-state index in [1.807, 2.05) is 0 Å². The van der Waals surface area contributed by atoms with E-state index in [4.69, 9.17) is 16.3 Å². The average molecular weight is 382 g/mol. The van der Waals surface area contributed by atoms with Gasteiger partial charge in [0.2, 0.25) is 10.0 Å². The topological polar surface area (TPSA) is 72.4 Å². The number of nitrogens with zero attached hydrogens (tertiary/aromatic N) is 3. The predicted molar refractivity (Wildman–Crippen MR) is 95.0 cm³/mol. The molecule has 8 heteroatoms. The summed E-state index contributed by atoms with van der Waals surface area (Å²) in [5.74, 6) is 1.04. The van der Waals surface area contributed by atoms with Crippen LogP contribution in [-0.2, 0) is 16.6 Å².